The van der Waals surface area contributed by atoms with Crippen LogP contribution in [0, 0.1) is 0 Å². The molecular formula is C25H20NS2+. The SMILES string of the molecule is C[C@@H]1Sc2ccccc2C1c1cc2c(c[n+]1C)sc1c3ccccc3ccc21. The van der Waals surface area contributed by atoms with Crippen LogP contribution >= 0.6 is 23.1 Å². The van der Waals surface area contributed by atoms with Crippen LogP contribution < -0.4 is 4.57 Å². The fourth-order valence-electron chi connectivity index (χ4n) is 4.68. The minimum absolute atomic E-state index is 0.436. The standard InChI is InChI=1S/C25H20NS2/c1-15-24(19-9-5-6-10-22(19)27-15)21-13-20-18-12-11-16-7-3-4-8-17(16)25(18)28-23(20)14-26(21)2/h3-15,24H,1-2H3/q+1/t15-,24?/m0/s1. The van der Waals surface area contributed by atoms with Crippen LogP contribution in [0.5, 0.6) is 0 Å². The summed E-state index contributed by atoms with van der Waals surface area (Å²) in [7, 11) is 2.20. The van der Waals surface area contributed by atoms with Crippen LogP contribution in [0.1, 0.15) is 24.1 Å². The van der Waals surface area contributed by atoms with Crippen LogP contribution in [0.4, 0.5) is 0 Å². The largest absolute Gasteiger partial charge is 0.203 e. The van der Waals surface area contributed by atoms with Crippen LogP contribution in [-0.4, -0.2) is 5.25 Å². The van der Waals surface area contributed by atoms with Gasteiger partial charge in [0.25, 0.3) is 0 Å². The molecule has 0 bridgehead atoms. The number of fused-ring (bicyclic) bond motifs is 6. The van der Waals surface area contributed by atoms with Crippen molar-refractivity contribution in [3.05, 3.63) is 84.2 Å². The van der Waals surface area contributed by atoms with E-state index in [-0.39, 0.29) is 0 Å². The van der Waals surface area contributed by atoms with Crippen molar-refractivity contribution in [1.29, 1.82) is 0 Å². The maximum absolute atomic E-state index is 2.45. The van der Waals surface area contributed by atoms with E-state index >= 15 is 0 Å². The summed E-state index contributed by atoms with van der Waals surface area (Å²) in [6.45, 7) is 2.36. The second-order valence-corrected chi connectivity index (χ2v) is 10.2. The molecule has 0 amide bonds. The van der Waals surface area contributed by atoms with Gasteiger partial charge in [-0.2, -0.15) is 0 Å². The van der Waals surface area contributed by atoms with E-state index < -0.39 is 0 Å². The van der Waals surface area contributed by atoms with Crippen molar-refractivity contribution in [2.45, 2.75) is 23.0 Å². The monoisotopic (exact) mass is 398 g/mol. The molecule has 1 unspecified atom stereocenters. The average Bonchev–Trinajstić information content (AvgIpc) is 3.23. The van der Waals surface area contributed by atoms with Crippen molar-refractivity contribution in [1.82, 2.24) is 0 Å². The Morgan fingerprint density at radius 2 is 1.68 bits per heavy atom. The molecule has 0 fully saturated rings. The van der Waals surface area contributed by atoms with E-state index in [9.17, 15) is 0 Å². The summed E-state index contributed by atoms with van der Waals surface area (Å²) < 4.78 is 5.12. The van der Waals surface area contributed by atoms with E-state index in [1.165, 1.54) is 47.1 Å². The Morgan fingerprint density at radius 3 is 2.61 bits per heavy atom. The van der Waals surface area contributed by atoms with Gasteiger partial charge in [-0.1, -0.05) is 61.5 Å². The number of rotatable bonds is 1. The van der Waals surface area contributed by atoms with Gasteiger partial charge in [0.1, 0.15) is 7.05 Å². The lowest BCUT2D eigenvalue weighted by Crippen LogP contribution is -2.36. The highest BCUT2D eigenvalue weighted by Crippen LogP contribution is 2.48. The van der Waals surface area contributed by atoms with Gasteiger partial charge in [0.15, 0.2) is 11.9 Å². The van der Waals surface area contributed by atoms with Gasteiger partial charge in [0, 0.05) is 31.7 Å². The van der Waals surface area contributed by atoms with Crippen molar-refractivity contribution in [3.63, 3.8) is 0 Å². The molecule has 136 valence electrons. The Kier molecular flexibility index (Phi) is 3.59. The molecule has 6 rings (SSSR count). The summed E-state index contributed by atoms with van der Waals surface area (Å²) in [6, 6.07) is 24.6. The molecule has 0 N–H and O–H groups in total. The Morgan fingerprint density at radius 1 is 0.857 bits per heavy atom. The molecule has 0 aliphatic carbocycles. The first-order valence-electron chi connectivity index (χ1n) is 9.70. The van der Waals surface area contributed by atoms with Crippen LogP contribution in [0.3, 0.4) is 0 Å². The van der Waals surface area contributed by atoms with Crippen LogP contribution in [-0.2, 0) is 7.05 Å². The summed E-state index contributed by atoms with van der Waals surface area (Å²) in [5, 5.41) is 6.00. The number of benzene rings is 3. The zero-order chi connectivity index (χ0) is 18.8. The summed E-state index contributed by atoms with van der Waals surface area (Å²) >= 11 is 3.92. The van der Waals surface area contributed by atoms with Gasteiger partial charge in [0.05, 0.1) is 10.6 Å². The molecule has 1 nitrogen and oxygen atoms in total. The zero-order valence-corrected chi connectivity index (χ0v) is 17.5. The van der Waals surface area contributed by atoms with Gasteiger partial charge in [-0.05, 0) is 22.4 Å². The van der Waals surface area contributed by atoms with Crippen molar-refractivity contribution < 1.29 is 4.57 Å². The van der Waals surface area contributed by atoms with Gasteiger partial charge in [-0.15, -0.1) is 23.1 Å². The van der Waals surface area contributed by atoms with E-state index in [1.807, 2.05) is 23.1 Å². The first kappa shape index (κ1) is 16.6. The summed E-state index contributed by atoms with van der Waals surface area (Å²) in [6.07, 6.45) is 2.34. The lowest BCUT2D eigenvalue weighted by atomic mass is 9.91. The van der Waals surface area contributed by atoms with Gasteiger partial charge in [-0.3, -0.25) is 0 Å². The second-order valence-electron chi connectivity index (χ2n) is 7.69. The Bertz CT molecular complexity index is 1380. The lowest BCUT2D eigenvalue weighted by Gasteiger charge is -2.14. The smallest absolute Gasteiger partial charge is 0.190 e. The number of hydrogen-bond acceptors (Lipinski definition) is 2. The van der Waals surface area contributed by atoms with Crippen LogP contribution in [0.2, 0.25) is 0 Å². The molecule has 5 aromatic rings. The molecule has 0 spiro atoms. The highest BCUT2D eigenvalue weighted by atomic mass is 32.2. The number of thioether (sulfide) groups is 1. The lowest BCUT2D eigenvalue weighted by molar-refractivity contribution is -0.678. The summed E-state index contributed by atoms with van der Waals surface area (Å²) in [5.74, 6) is 0.436. The number of aromatic nitrogens is 1. The van der Waals surface area contributed by atoms with Crippen LogP contribution in [0.25, 0.3) is 30.9 Å². The molecule has 2 aromatic heterocycles. The number of pyridine rings is 1. The molecule has 28 heavy (non-hydrogen) atoms. The van der Waals surface area contributed by atoms with Crippen molar-refractivity contribution in [3.8, 4) is 0 Å². The molecule has 0 saturated heterocycles. The quantitative estimate of drug-likeness (QED) is 0.286. The maximum Gasteiger partial charge on any atom is 0.190 e. The van der Waals surface area contributed by atoms with Gasteiger partial charge in [0.2, 0.25) is 0 Å². The molecule has 1 aliphatic heterocycles. The first-order chi connectivity index (χ1) is 13.7. The molecule has 2 atom stereocenters. The zero-order valence-electron chi connectivity index (χ0n) is 15.8. The highest BCUT2D eigenvalue weighted by Gasteiger charge is 2.36. The molecule has 3 aromatic carbocycles. The maximum atomic E-state index is 2.45. The molecule has 0 radical (unpaired) electrons. The number of hydrogen-bond donors (Lipinski definition) is 0. The highest BCUT2D eigenvalue weighted by molar-refractivity contribution is 8.00. The third-order valence-corrected chi connectivity index (χ3v) is 8.47. The predicted molar refractivity (Wildman–Crippen MR) is 122 cm³/mol. The van der Waals surface area contributed by atoms with Gasteiger partial charge >= 0.3 is 0 Å². The summed E-state index contributed by atoms with van der Waals surface area (Å²) in [5.41, 5.74) is 2.88. The Balaban J connectivity index is 1.64. The van der Waals surface area contributed by atoms with E-state index in [1.54, 1.807) is 0 Å². The molecular weight excluding hydrogens is 378 g/mol. The van der Waals surface area contributed by atoms with E-state index in [2.05, 4.69) is 91.5 Å². The van der Waals surface area contributed by atoms with E-state index in [0.29, 0.717) is 11.2 Å². The fraction of sp³-hybridized carbons (Fsp3) is 0.160. The summed E-state index contributed by atoms with van der Waals surface area (Å²) in [4.78, 5) is 1.43. The third kappa shape index (κ3) is 2.30. The van der Waals surface area contributed by atoms with Crippen molar-refractivity contribution in [2.24, 2.45) is 7.05 Å². The van der Waals surface area contributed by atoms with Gasteiger partial charge < -0.3 is 0 Å². The molecule has 1 aliphatic rings. The second kappa shape index (κ2) is 6.07. The van der Waals surface area contributed by atoms with Gasteiger partial charge in [-0.25, -0.2) is 4.57 Å². The molecule has 3 heterocycles. The molecule has 0 saturated carbocycles. The minimum atomic E-state index is 0.436. The third-order valence-electron chi connectivity index (χ3n) is 6.01. The normalized spacial score (nSPS) is 18.9. The van der Waals surface area contributed by atoms with Crippen molar-refractivity contribution >= 4 is 54.0 Å². The topological polar surface area (TPSA) is 3.88 Å². The number of thiophene rings is 1. The minimum Gasteiger partial charge on any atom is -0.203 e. The number of nitrogens with zero attached hydrogens (tertiary/aromatic N) is 1. The van der Waals surface area contributed by atoms with Crippen molar-refractivity contribution in [2.75, 3.05) is 0 Å². The predicted octanol–water partition coefficient (Wildman–Crippen LogP) is 6.66. The average molecular weight is 399 g/mol. The first-order valence-corrected chi connectivity index (χ1v) is 11.4. The molecule has 3 heteroatoms. The van der Waals surface area contributed by atoms with Crippen LogP contribution in [0.15, 0.2) is 77.8 Å². The van der Waals surface area contributed by atoms with E-state index in [0.717, 1.165) is 0 Å². The number of aryl methyl sites for hydroxylation is 1. The Labute approximate surface area is 172 Å². The Hall–Kier alpha value is -2.36. The fourth-order valence-corrected chi connectivity index (χ4v) is 7.29. The van der Waals surface area contributed by atoms with E-state index in [4.69, 9.17) is 0 Å².